The van der Waals surface area contributed by atoms with Gasteiger partial charge in [-0.15, -0.1) is 0 Å². The summed E-state index contributed by atoms with van der Waals surface area (Å²) < 4.78 is 10.8. The van der Waals surface area contributed by atoms with Crippen LogP contribution >= 0.6 is 0 Å². The van der Waals surface area contributed by atoms with Crippen LogP contribution in [0.3, 0.4) is 0 Å². The van der Waals surface area contributed by atoms with Crippen LogP contribution in [0.2, 0.25) is 0 Å². The predicted molar refractivity (Wildman–Crippen MR) is 117 cm³/mol. The number of nitrogens with two attached hydrogens (primary N) is 1. The molecule has 2 heterocycles. The first-order chi connectivity index (χ1) is 13.7. The summed E-state index contributed by atoms with van der Waals surface area (Å²) in [4.78, 5) is 19.0. The van der Waals surface area contributed by atoms with Crippen molar-refractivity contribution >= 4 is 17.5 Å². The molecule has 2 N–H and O–H groups in total. The molecule has 0 spiro atoms. The number of hydrogen-bond acceptors (Lipinski definition) is 6. The summed E-state index contributed by atoms with van der Waals surface area (Å²) in [6.45, 7) is 12.3. The largest absolute Gasteiger partial charge is 0.495 e. The molecule has 1 amide bonds. The average Bonchev–Trinajstić information content (AvgIpc) is 2.68. The van der Waals surface area contributed by atoms with Crippen LogP contribution < -0.4 is 15.4 Å². The van der Waals surface area contributed by atoms with Gasteiger partial charge >= 0.3 is 6.09 Å². The molecule has 1 aromatic rings. The van der Waals surface area contributed by atoms with Crippen LogP contribution in [-0.4, -0.2) is 74.4 Å². The molecule has 0 radical (unpaired) electrons. The fraction of sp³-hybridized carbons (Fsp3) is 0.682. The zero-order valence-corrected chi connectivity index (χ0v) is 18.3. The van der Waals surface area contributed by atoms with Crippen LogP contribution in [0.5, 0.6) is 5.75 Å². The standard InChI is InChI=1S/C22H36N4O3/c1-22(2,3)29-21(27)26-13-11-24(12-14-26)16-17-7-9-25(10-8-17)18-5-6-19(23)20(15-18)28-4/h5-6,15,17H,7-14,16,23H2,1-4H3. The first-order valence-corrected chi connectivity index (χ1v) is 10.6. The normalized spacial score (nSPS) is 19.3. The Morgan fingerprint density at radius 1 is 1.10 bits per heavy atom. The third kappa shape index (κ3) is 5.92. The van der Waals surface area contributed by atoms with E-state index in [0.29, 0.717) is 11.6 Å². The van der Waals surface area contributed by atoms with Gasteiger partial charge < -0.3 is 25.0 Å². The highest BCUT2D eigenvalue weighted by molar-refractivity contribution is 5.68. The lowest BCUT2D eigenvalue weighted by Gasteiger charge is -2.39. The monoisotopic (exact) mass is 404 g/mol. The summed E-state index contributed by atoms with van der Waals surface area (Å²) in [5, 5.41) is 0. The summed E-state index contributed by atoms with van der Waals surface area (Å²) in [7, 11) is 1.66. The SMILES string of the molecule is COc1cc(N2CCC(CN3CCN(C(=O)OC(C)(C)C)CC3)CC2)ccc1N. The number of nitrogens with zero attached hydrogens (tertiary/aromatic N) is 3. The molecule has 7 heteroatoms. The third-order valence-corrected chi connectivity index (χ3v) is 5.74. The van der Waals surface area contributed by atoms with Gasteiger partial charge in [-0.1, -0.05) is 0 Å². The lowest BCUT2D eigenvalue weighted by molar-refractivity contribution is 0.0130. The van der Waals surface area contributed by atoms with Gasteiger partial charge in [0.05, 0.1) is 12.8 Å². The molecule has 0 unspecified atom stereocenters. The second kappa shape index (κ2) is 9.11. The number of methoxy groups -OCH3 is 1. The molecule has 0 saturated carbocycles. The zero-order valence-electron chi connectivity index (χ0n) is 18.3. The minimum Gasteiger partial charge on any atom is -0.495 e. The van der Waals surface area contributed by atoms with Crippen LogP contribution in [0, 0.1) is 5.92 Å². The smallest absolute Gasteiger partial charge is 0.410 e. The molecule has 0 atom stereocenters. The highest BCUT2D eigenvalue weighted by Crippen LogP contribution is 2.30. The van der Waals surface area contributed by atoms with Crippen molar-refractivity contribution in [1.82, 2.24) is 9.80 Å². The van der Waals surface area contributed by atoms with Gasteiger partial charge in [0.1, 0.15) is 11.4 Å². The van der Waals surface area contributed by atoms with E-state index in [-0.39, 0.29) is 6.09 Å². The van der Waals surface area contributed by atoms with E-state index in [1.165, 1.54) is 18.5 Å². The number of carbonyl (C=O) groups is 1. The van der Waals surface area contributed by atoms with Crippen molar-refractivity contribution in [3.8, 4) is 5.75 Å². The number of anilines is 2. The summed E-state index contributed by atoms with van der Waals surface area (Å²) in [5.41, 5.74) is 7.36. The lowest BCUT2D eigenvalue weighted by atomic mass is 9.95. The van der Waals surface area contributed by atoms with Crippen LogP contribution in [0.15, 0.2) is 18.2 Å². The molecule has 2 aliphatic heterocycles. The summed E-state index contributed by atoms with van der Waals surface area (Å²) in [6.07, 6.45) is 2.17. The van der Waals surface area contributed by atoms with Gasteiger partial charge in [-0.05, 0) is 51.7 Å². The molecule has 7 nitrogen and oxygen atoms in total. The van der Waals surface area contributed by atoms with E-state index in [4.69, 9.17) is 15.2 Å². The minimum atomic E-state index is -0.434. The van der Waals surface area contributed by atoms with Gasteiger partial charge in [0.2, 0.25) is 0 Å². The Bertz CT molecular complexity index is 688. The van der Waals surface area contributed by atoms with Gasteiger partial charge in [-0.3, -0.25) is 4.90 Å². The fourth-order valence-corrected chi connectivity index (χ4v) is 4.07. The number of ether oxygens (including phenoxy) is 2. The topological polar surface area (TPSA) is 71.3 Å². The van der Waals surface area contributed by atoms with E-state index >= 15 is 0 Å². The first-order valence-electron chi connectivity index (χ1n) is 10.6. The van der Waals surface area contributed by atoms with Crippen molar-refractivity contribution in [2.45, 2.75) is 39.2 Å². The molecule has 2 saturated heterocycles. The molecule has 0 aromatic heterocycles. The number of nitrogen functional groups attached to an aromatic ring is 1. The predicted octanol–water partition coefficient (Wildman–Crippen LogP) is 3.05. The quantitative estimate of drug-likeness (QED) is 0.778. The Kier molecular flexibility index (Phi) is 6.77. The Labute approximate surface area is 174 Å². The van der Waals surface area contributed by atoms with E-state index in [1.54, 1.807) is 7.11 Å². The molecule has 2 fully saturated rings. The first kappa shape index (κ1) is 21.6. The van der Waals surface area contributed by atoms with Crippen molar-refractivity contribution in [3.05, 3.63) is 18.2 Å². The zero-order chi connectivity index (χ0) is 21.0. The van der Waals surface area contributed by atoms with E-state index in [1.807, 2.05) is 37.8 Å². The Morgan fingerprint density at radius 2 is 1.76 bits per heavy atom. The van der Waals surface area contributed by atoms with Crippen molar-refractivity contribution in [1.29, 1.82) is 0 Å². The number of benzene rings is 1. The van der Waals surface area contributed by atoms with Gasteiger partial charge in [0, 0.05) is 57.6 Å². The number of rotatable bonds is 4. The Hall–Kier alpha value is -2.15. The van der Waals surface area contributed by atoms with Crippen molar-refractivity contribution in [2.24, 2.45) is 5.92 Å². The second-order valence-corrected chi connectivity index (χ2v) is 9.12. The Morgan fingerprint density at radius 3 is 2.34 bits per heavy atom. The summed E-state index contributed by atoms with van der Waals surface area (Å²) in [6, 6.07) is 6.03. The molecule has 29 heavy (non-hydrogen) atoms. The summed E-state index contributed by atoms with van der Waals surface area (Å²) >= 11 is 0. The number of carbonyl (C=O) groups excluding carboxylic acids is 1. The number of piperazine rings is 1. The molecule has 0 aliphatic carbocycles. The highest BCUT2D eigenvalue weighted by Gasteiger charge is 2.28. The molecule has 3 rings (SSSR count). The van der Waals surface area contributed by atoms with Crippen LogP contribution in [0.25, 0.3) is 0 Å². The van der Waals surface area contributed by atoms with Gasteiger partial charge in [0.15, 0.2) is 0 Å². The van der Waals surface area contributed by atoms with Crippen molar-refractivity contribution in [3.63, 3.8) is 0 Å². The maximum Gasteiger partial charge on any atom is 0.410 e. The summed E-state index contributed by atoms with van der Waals surface area (Å²) in [5.74, 6) is 1.45. The van der Waals surface area contributed by atoms with Crippen LogP contribution in [0.1, 0.15) is 33.6 Å². The molecular formula is C22H36N4O3. The minimum absolute atomic E-state index is 0.190. The maximum absolute atomic E-state index is 12.2. The van der Waals surface area contributed by atoms with Crippen LogP contribution in [0.4, 0.5) is 16.2 Å². The van der Waals surface area contributed by atoms with Gasteiger partial charge in [-0.2, -0.15) is 0 Å². The molecular weight excluding hydrogens is 368 g/mol. The maximum atomic E-state index is 12.2. The van der Waals surface area contributed by atoms with E-state index in [2.05, 4.69) is 15.9 Å². The van der Waals surface area contributed by atoms with E-state index < -0.39 is 5.60 Å². The number of amides is 1. The second-order valence-electron chi connectivity index (χ2n) is 9.12. The third-order valence-electron chi connectivity index (χ3n) is 5.74. The highest BCUT2D eigenvalue weighted by atomic mass is 16.6. The average molecular weight is 405 g/mol. The lowest BCUT2D eigenvalue weighted by Crippen LogP contribution is -2.51. The number of hydrogen-bond donors (Lipinski definition) is 1. The van der Waals surface area contributed by atoms with Crippen molar-refractivity contribution in [2.75, 3.05) is 63.6 Å². The molecule has 162 valence electrons. The fourth-order valence-electron chi connectivity index (χ4n) is 4.07. The van der Waals surface area contributed by atoms with Crippen molar-refractivity contribution < 1.29 is 14.3 Å². The Balaban J connectivity index is 1.42. The molecule has 2 aliphatic rings. The van der Waals surface area contributed by atoms with Gasteiger partial charge in [0.25, 0.3) is 0 Å². The van der Waals surface area contributed by atoms with Crippen LogP contribution in [-0.2, 0) is 4.74 Å². The van der Waals surface area contributed by atoms with Gasteiger partial charge in [-0.25, -0.2) is 4.79 Å². The van der Waals surface area contributed by atoms with E-state index in [0.717, 1.165) is 51.6 Å². The molecule has 0 bridgehead atoms. The number of piperidine rings is 1. The molecule has 1 aromatic carbocycles. The van der Waals surface area contributed by atoms with E-state index in [9.17, 15) is 4.79 Å².